The van der Waals surface area contributed by atoms with Crippen LogP contribution in [0.1, 0.15) is 31.2 Å². The summed E-state index contributed by atoms with van der Waals surface area (Å²) >= 11 is 3.09. The third kappa shape index (κ3) is 3.12. The molecule has 2 heterocycles. The molecule has 4 nitrogen and oxygen atoms in total. The minimum atomic E-state index is -0.282. The molecule has 2 aromatic rings. The maximum absolute atomic E-state index is 11.9. The highest BCUT2D eigenvalue weighted by Crippen LogP contribution is 2.36. The molecule has 20 heavy (non-hydrogen) atoms. The van der Waals surface area contributed by atoms with E-state index in [0.717, 1.165) is 15.2 Å². The van der Waals surface area contributed by atoms with Crippen molar-refractivity contribution in [3.8, 4) is 0 Å². The fourth-order valence-electron chi connectivity index (χ4n) is 1.78. The van der Waals surface area contributed by atoms with E-state index in [0.29, 0.717) is 0 Å². The van der Waals surface area contributed by atoms with E-state index in [-0.39, 0.29) is 17.3 Å². The maximum atomic E-state index is 11.9. The summed E-state index contributed by atoms with van der Waals surface area (Å²) in [5.41, 5.74) is 1.19. The van der Waals surface area contributed by atoms with Crippen molar-refractivity contribution in [2.75, 3.05) is 0 Å². The number of ether oxygens (including phenoxy) is 1. The number of hydrogen-bond donors (Lipinski definition) is 0. The summed E-state index contributed by atoms with van der Waals surface area (Å²) in [5.74, 6) is -0.207. The Bertz CT molecular complexity index is 637. The predicted octanol–water partition coefficient (Wildman–Crippen LogP) is 3.74. The summed E-state index contributed by atoms with van der Waals surface area (Å²) in [7, 11) is 0. The molecule has 0 aliphatic rings. The molecular formula is C14H18N2O2S2. The summed E-state index contributed by atoms with van der Waals surface area (Å²) in [6, 6.07) is 0. The topological polar surface area (TPSA) is 52.1 Å². The third-order valence-corrected chi connectivity index (χ3v) is 5.10. The van der Waals surface area contributed by atoms with E-state index < -0.39 is 0 Å². The highest BCUT2D eigenvalue weighted by Gasteiger charge is 2.21. The van der Waals surface area contributed by atoms with Crippen molar-refractivity contribution in [1.29, 1.82) is 0 Å². The zero-order valence-corrected chi connectivity index (χ0v) is 13.9. The summed E-state index contributed by atoms with van der Waals surface area (Å²) in [4.78, 5) is 22.7. The molecular weight excluding hydrogens is 292 g/mol. The number of aryl methyl sites for hydroxylation is 2. The number of carbonyl (C=O) groups is 1. The highest BCUT2D eigenvalue weighted by molar-refractivity contribution is 8.00. The Kier molecular flexibility index (Phi) is 4.65. The van der Waals surface area contributed by atoms with Gasteiger partial charge in [0.05, 0.1) is 6.10 Å². The van der Waals surface area contributed by atoms with E-state index in [2.05, 4.69) is 23.8 Å². The van der Waals surface area contributed by atoms with E-state index in [1.165, 1.54) is 22.2 Å². The Morgan fingerprint density at radius 2 is 2.00 bits per heavy atom. The number of carbonyl (C=O) groups excluding carboxylic acids is 1. The molecule has 1 unspecified atom stereocenters. The van der Waals surface area contributed by atoms with Crippen LogP contribution in [0.4, 0.5) is 0 Å². The number of thiophene rings is 1. The molecule has 6 heteroatoms. The van der Waals surface area contributed by atoms with Crippen molar-refractivity contribution in [1.82, 2.24) is 9.97 Å². The quantitative estimate of drug-likeness (QED) is 0.489. The fourth-order valence-corrected chi connectivity index (χ4v) is 3.81. The van der Waals surface area contributed by atoms with Crippen molar-refractivity contribution < 1.29 is 9.53 Å². The van der Waals surface area contributed by atoms with Crippen LogP contribution in [0, 0.1) is 13.8 Å². The Labute approximate surface area is 127 Å². The van der Waals surface area contributed by atoms with Gasteiger partial charge in [-0.05, 0) is 40.2 Å². The average Bonchev–Trinajstić information content (AvgIpc) is 2.65. The smallest absolute Gasteiger partial charge is 0.319 e. The minimum Gasteiger partial charge on any atom is -0.462 e. The van der Waals surface area contributed by atoms with E-state index in [9.17, 15) is 4.79 Å². The Morgan fingerprint density at radius 3 is 2.65 bits per heavy atom. The van der Waals surface area contributed by atoms with Crippen LogP contribution in [0.3, 0.4) is 0 Å². The Hall–Kier alpha value is -1.14. The van der Waals surface area contributed by atoms with Gasteiger partial charge in [0.25, 0.3) is 0 Å². The lowest BCUT2D eigenvalue weighted by Gasteiger charge is -2.13. The summed E-state index contributed by atoms with van der Waals surface area (Å²) < 4.78 is 5.23. The first kappa shape index (κ1) is 15.3. The molecule has 0 fully saturated rings. The molecule has 0 aliphatic heterocycles. The second-order valence-electron chi connectivity index (χ2n) is 4.89. The second kappa shape index (κ2) is 6.10. The molecule has 0 saturated carbocycles. The number of aromatic nitrogens is 2. The molecule has 0 spiro atoms. The molecule has 0 saturated heterocycles. The Balaban J connectivity index is 2.28. The molecule has 0 aliphatic carbocycles. The van der Waals surface area contributed by atoms with E-state index in [4.69, 9.17) is 4.74 Å². The van der Waals surface area contributed by atoms with Gasteiger partial charge in [0.2, 0.25) is 0 Å². The number of esters is 1. The van der Waals surface area contributed by atoms with Crippen LogP contribution in [0.2, 0.25) is 0 Å². The van der Waals surface area contributed by atoms with Crippen molar-refractivity contribution in [2.45, 2.75) is 51.0 Å². The minimum absolute atomic E-state index is 0.0962. The number of thioether (sulfide) groups is 1. The van der Waals surface area contributed by atoms with Gasteiger partial charge in [0.15, 0.2) is 0 Å². The normalized spacial score (nSPS) is 12.9. The summed E-state index contributed by atoms with van der Waals surface area (Å²) in [5, 5.41) is 1.63. The van der Waals surface area contributed by atoms with Crippen LogP contribution in [-0.4, -0.2) is 27.3 Å². The van der Waals surface area contributed by atoms with Gasteiger partial charge in [-0.3, -0.25) is 4.79 Å². The number of fused-ring (bicyclic) bond motifs is 1. The molecule has 0 N–H and O–H groups in total. The van der Waals surface area contributed by atoms with Gasteiger partial charge in [-0.2, -0.15) is 0 Å². The monoisotopic (exact) mass is 310 g/mol. The first-order valence-corrected chi connectivity index (χ1v) is 8.17. The predicted molar refractivity (Wildman–Crippen MR) is 83.4 cm³/mol. The van der Waals surface area contributed by atoms with E-state index in [1.54, 1.807) is 17.7 Å². The van der Waals surface area contributed by atoms with Gasteiger partial charge >= 0.3 is 5.97 Å². The van der Waals surface area contributed by atoms with E-state index in [1.807, 2.05) is 20.8 Å². The van der Waals surface area contributed by atoms with Gasteiger partial charge in [0, 0.05) is 10.3 Å². The van der Waals surface area contributed by atoms with Crippen molar-refractivity contribution in [2.24, 2.45) is 0 Å². The van der Waals surface area contributed by atoms with Gasteiger partial charge in [-0.25, -0.2) is 9.97 Å². The molecule has 0 bridgehead atoms. The molecule has 0 amide bonds. The summed E-state index contributed by atoms with van der Waals surface area (Å²) in [6.07, 6.45) is 1.46. The maximum Gasteiger partial charge on any atom is 0.319 e. The highest BCUT2D eigenvalue weighted by atomic mass is 32.2. The standard InChI is InChI=1S/C14H18N2O2S2/c1-7(2)18-14(17)10(5)20-13-11-8(3)9(4)19-12(11)15-6-16-13/h6-7,10H,1-5H3. The lowest BCUT2D eigenvalue weighted by molar-refractivity contribution is -0.146. The largest absolute Gasteiger partial charge is 0.462 e. The SMILES string of the molecule is Cc1sc2ncnc(SC(C)C(=O)OC(C)C)c2c1C. The van der Waals surface area contributed by atoms with Crippen LogP contribution in [0.5, 0.6) is 0 Å². The molecule has 2 rings (SSSR count). The zero-order valence-electron chi connectivity index (χ0n) is 12.3. The lowest BCUT2D eigenvalue weighted by Crippen LogP contribution is -2.20. The molecule has 1 atom stereocenters. The zero-order chi connectivity index (χ0) is 14.9. The van der Waals surface area contributed by atoms with Crippen molar-refractivity contribution in [3.63, 3.8) is 0 Å². The number of hydrogen-bond acceptors (Lipinski definition) is 6. The van der Waals surface area contributed by atoms with Gasteiger partial charge in [-0.15, -0.1) is 11.3 Å². The van der Waals surface area contributed by atoms with Crippen LogP contribution in [0.15, 0.2) is 11.4 Å². The van der Waals surface area contributed by atoms with Gasteiger partial charge in [-0.1, -0.05) is 11.8 Å². The van der Waals surface area contributed by atoms with Crippen LogP contribution in [-0.2, 0) is 9.53 Å². The van der Waals surface area contributed by atoms with Gasteiger partial charge in [0.1, 0.15) is 21.4 Å². The first-order chi connectivity index (χ1) is 9.40. The third-order valence-electron chi connectivity index (χ3n) is 2.90. The van der Waals surface area contributed by atoms with Crippen LogP contribution >= 0.6 is 23.1 Å². The molecule has 0 radical (unpaired) electrons. The van der Waals surface area contributed by atoms with Crippen LogP contribution < -0.4 is 0 Å². The molecule has 2 aromatic heterocycles. The number of rotatable bonds is 4. The van der Waals surface area contributed by atoms with E-state index >= 15 is 0 Å². The molecule has 108 valence electrons. The average molecular weight is 310 g/mol. The first-order valence-electron chi connectivity index (χ1n) is 6.48. The second-order valence-corrected chi connectivity index (χ2v) is 7.42. The Morgan fingerprint density at radius 1 is 1.30 bits per heavy atom. The van der Waals surface area contributed by atoms with Crippen LogP contribution in [0.25, 0.3) is 10.2 Å². The number of nitrogens with zero attached hydrogens (tertiary/aromatic N) is 2. The fraction of sp³-hybridized carbons (Fsp3) is 0.500. The lowest BCUT2D eigenvalue weighted by atomic mass is 10.2. The summed E-state index contributed by atoms with van der Waals surface area (Å²) in [6.45, 7) is 9.69. The van der Waals surface area contributed by atoms with Gasteiger partial charge < -0.3 is 4.74 Å². The van der Waals surface area contributed by atoms with Crippen molar-refractivity contribution >= 4 is 39.3 Å². The molecule has 0 aromatic carbocycles. The van der Waals surface area contributed by atoms with Crippen molar-refractivity contribution in [3.05, 3.63) is 16.8 Å².